The smallest absolute Gasteiger partial charge is 0.320 e. The van der Waals surface area contributed by atoms with E-state index in [9.17, 15) is 14.3 Å². The summed E-state index contributed by atoms with van der Waals surface area (Å²) in [6.45, 7) is 2.60. The zero-order valence-electron chi connectivity index (χ0n) is 11.2. The first-order valence-corrected chi connectivity index (χ1v) is 6.84. The van der Waals surface area contributed by atoms with Crippen LogP contribution < -0.4 is 0 Å². The molecular formula is C15H20FNO2. The van der Waals surface area contributed by atoms with Crippen LogP contribution in [0.1, 0.15) is 44.2 Å². The van der Waals surface area contributed by atoms with Gasteiger partial charge >= 0.3 is 5.97 Å². The van der Waals surface area contributed by atoms with Gasteiger partial charge in [0, 0.05) is 11.6 Å². The van der Waals surface area contributed by atoms with E-state index in [4.69, 9.17) is 0 Å². The highest BCUT2D eigenvalue weighted by Crippen LogP contribution is 2.29. The highest BCUT2D eigenvalue weighted by atomic mass is 19.1. The fourth-order valence-corrected chi connectivity index (χ4v) is 2.85. The van der Waals surface area contributed by atoms with E-state index in [0.29, 0.717) is 18.5 Å². The molecule has 0 bridgehead atoms. The normalized spacial score (nSPS) is 22.7. The second-order valence-corrected chi connectivity index (χ2v) is 5.14. The molecule has 0 amide bonds. The third kappa shape index (κ3) is 3.13. The van der Waals surface area contributed by atoms with E-state index in [2.05, 4.69) is 0 Å². The number of aliphatic carboxylic acids is 1. The van der Waals surface area contributed by atoms with Crippen LogP contribution in [0.3, 0.4) is 0 Å². The average molecular weight is 265 g/mol. The van der Waals surface area contributed by atoms with Crippen molar-refractivity contribution in [1.29, 1.82) is 0 Å². The van der Waals surface area contributed by atoms with E-state index in [0.717, 1.165) is 19.3 Å². The number of rotatable bonds is 3. The minimum absolute atomic E-state index is 0.208. The predicted molar refractivity (Wildman–Crippen MR) is 71.4 cm³/mol. The van der Waals surface area contributed by atoms with Crippen molar-refractivity contribution in [3.63, 3.8) is 0 Å². The Labute approximate surface area is 113 Å². The standard InChI is InChI=1S/C15H20FNO2/c1-11(12-7-4-5-8-13(12)16)17-10-6-2-3-9-14(17)15(18)19/h4-5,7-8,11,14H,2-3,6,9-10H2,1H3,(H,18,19). The van der Waals surface area contributed by atoms with Crippen LogP contribution in [0.5, 0.6) is 0 Å². The van der Waals surface area contributed by atoms with E-state index in [1.165, 1.54) is 6.07 Å². The van der Waals surface area contributed by atoms with Crippen LogP contribution in [0, 0.1) is 5.82 Å². The highest BCUT2D eigenvalue weighted by Gasteiger charge is 2.31. The SMILES string of the molecule is CC(c1ccccc1F)N1CCCCCC1C(=O)O. The van der Waals surface area contributed by atoms with Gasteiger partial charge in [0.2, 0.25) is 0 Å². The minimum atomic E-state index is -0.801. The van der Waals surface area contributed by atoms with Crippen LogP contribution in [0.15, 0.2) is 24.3 Å². The Morgan fingerprint density at radius 1 is 1.37 bits per heavy atom. The average Bonchev–Trinajstić information content (AvgIpc) is 2.64. The van der Waals surface area contributed by atoms with Crippen LogP contribution in [-0.2, 0) is 4.79 Å². The number of carboxylic acid groups (broad SMARTS) is 1. The lowest BCUT2D eigenvalue weighted by molar-refractivity contribution is -0.144. The summed E-state index contributed by atoms with van der Waals surface area (Å²) >= 11 is 0. The molecule has 1 N–H and O–H groups in total. The van der Waals surface area contributed by atoms with Gasteiger partial charge < -0.3 is 5.11 Å². The zero-order chi connectivity index (χ0) is 13.8. The molecule has 2 rings (SSSR count). The Morgan fingerprint density at radius 2 is 2.11 bits per heavy atom. The van der Waals surface area contributed by atoms with Gasteiger partial charge in [-0.25, -0.2) is 4.39 Å². The Kier molecular flexibility index (Phi) is 4.53. The Bertz CT molecular complexity index is 450. The first-order chi connectivity index (χ1) is 9.11. The van der Waals surface area contributed by atoms with Gasteiger partial charge in [-0.1, -0.05) is 31.0 Å². The fourth-order valence-electron chi connectivity index (χ4n) is 2.85. The molecule has 0 saturated carbocycles. The van der Waals surface area contributed by atoms with Crippen molar-refractivity contribution in [3.05, 3.63) is 35.6 Å². The highest BCUT2D eigenvalue weighted by molar-refractivity contribution is 5.73. The molecule has 1 fully saturated rings. The second-order valence-electron chi connectivity index (χ2n) is 5.14. The number of benzene rings is 1. The molecule has 1 aliphatic heterocycles. The zero-order valence-corrected chi connectivity index (χ0v) is 11.2. The van der Waals surface area contributed by atoms with Crippen molar-refractivity contribution >= 4 is 5.97 Å². The van der Waals surface area contributed by atoms with Crippen molar-refractivity contribution in [2.45, 2.75) is 44.7 Å². The summed E-state index contributed by atoms with van der Waals surface area (Å²) in [7, 11) is 0. The van der Waals surface area contributed by atoms with Crippen LogP contribution in [0.25, 0.3) is 0 Å². The Hall–Kier alpha value is -1.42. The molecule has 3 nitrogen and oxygen atoms in total. The molecule has 1 saturated heterocycles. The summed E-state index contributed by atoms with van der Waals surface area (Å²) in [5, 5.41) is 9.36. The number of carboxylic acids is 1. The lowest BCUT2D eigenvalue weighted by Gasteiger charge is -2.33. The molecule has 2 unspecified atom stereocenters. The maximum Gasteiger partial charge on any atom is 0.320 e. The van der Waals surface area contributed by atoms with E-state index in [1.807, 2.05) is 11.8 Å². The van der Waals surface area contributed by atoms with Crippen LogP contribution in [0.2, 0.25) is 0 Å². The van der Waals surface area contributed by atoms with Crippen molar-refractivity contribution in [2.75, 3.05) is 6.54 Å². The third-order valence-corrected chi connectivity index (χ3v) is 3.93. The topological polar surface area (TPSA) is 40.5 Å². The molecule has 0 radical (unpaired) electrons. The molecule has 104 valence electrons. The largest absolute Gasteiger partial charge is 0.480 e. The summed E-state index contributed by atoms with van der Waals surface area (Å²) in [5.74, 6) is -1.06. The van der Waals surface area contributed by atoms with E-state index in [1.54, 1.807) is 18.2 Å². The van der Waals surface area contributed by atoms with Gasteiger partial charge in [0.05, 0.1) is 0 Å². The maximum atomic E-state index is 13.9. The quantitative estimate of drug-likeness (QED) is 0.912. The lowest BCUT2D eigenvalue weighted by Crippen LogP contribution is -2.42. The number of halogens is 1. The predicted octanol–water partition coefficient (Wildman–Crippen LogP) is 3.22. The Balaban J connectivity index is 2.26. The van der Waals surface area contributed by atoms with Crippen molar-refractivity contribution < 1.29 is 14.3 Å². The van der Waals surface area contributed by atoms with Gasteiger partial charge in [-0.3, -0.25) is 9.69 Å². The van der Waals surface area contributed by atoms with Crippen LogP contribution >= 0.6 is 0 Å². The molecule has 1 aromatic carbocycles. The Morgan fingerprint density at radius 3 is 2.79 bits per heavy atom. The number of hydrogen-bond donors (Lipinski definition) is 1. The van der Waals surface area contributed by atoms with E-state index >= 15 is 0 Å². The second kappa shape index (κ2) is 6.15. The lowest BCUT2D eigenvalue weighted by atomic mass is 10.0. The van der Waals surface area contributed by atoms with E-state index in [-0.39, 0.29) is 11.9 Å². The molecule has 1 aromatic rings. The van der Waals surface area contributed by atoms with Gasteiger partial charge in [0.1, 0.15) is 11.9 Å². The van der Waals surface area contributed by atoms with Crippen LogP contribution in [-0.4, -0.2) is 28.6 Å². The first kappa shape index (κ1) is 14.0. The summed E-state index contributed by atoms with van der Waals surface area (Å²) in [6.07, 6.45) is 3.60. The molecule has 0 aromatic heterocycles. The number of likely N-dealkylation sites (tertiary alicyclic amines) is 1. The van der Waals surface area contributed by atoms with Crippen LogP contribution in [0.4, 0.5) is 4.39 Å². The summed E-state index contributed by atoms with van der Waals surface area (Å²) < 4.78 is 13.9. The number of carbonyl (C=O) groups is 1. The van der Waals surface area contributed by atoms with Gasteiger partial charge in [-0.2, -0.15) is 0 Å². The minimum Gasteiger partial charge on any atom is -0.480 e. The molecule has 4 heteroatoms. The number of hydrogen-bond acceptors (Lipinski definition) is 2. The summed E-state index contributed by atoms with van der Waals surface area (Å²) in [5.41, 5.74) is 0.579. The van der Waals surface area contributed by atoms with Crippen molar-refractivity contribution in [3.8, 4) is 0 Å². The van der Waals surface area contributed by atoms with Gasteiger partial charge in [-0.15, -0.1) is 0 Å². The first-order valence-electron chi connectivity index (χ1n) is 6.84. The van der Waals surface area contributed by atoms with Crippen molar-refractivity contribution in [2.24, 2.45) is 0 Å². The fraction of sp³-hybridized carbons (Fsp3) is 0.533. The summed E-state index contributed by atoms with van der Waals surface area (Å²) in [6, 6.07) is 5.91. The van der Waals surface area contributed by atoms with E-state index < -0.39 is 12.0 Å². The van der Waals surface area contributed by atoms with Gasteiger partial charge in [0.15, 0.2) is 0 Å². The number of nitrogens with zero attached hydrogens (tertiary/aromatic N) is 1. The molecule has 2 atom stereocenters. The third-order valence-electron chi connectivity index (χ3n) is 3.93. The molecule has 1 heterocycles. The maximum absolute atomic E-state index is 13.9. The van der Waals surface area contributed by atoms with Crippen molar-refractivity contribution in [1.82, 2.24) is 4.90 Å². The molecule has 19 heavy (non-hydrogen) atoms. The molecule has 0 spiro atoms. The van der Waals surface area contributed by atoms with Gasteiger partial charge in [0.25, 0.3) is 0 Å². The molecule has 1 aliphatic rings. The molecule has 0 aliphatic carbocycles. The molecular weight excluding hydrogens is 245 g/mol. The monoisotopic (exact) mass is 265 g/mol. The summed E-state index contributed by atoms with van der Waals surface area (Å²) in [4.78, 5) is 13.3. The van der Waals surface area contributed by atoms with Gasteiger partial charge in [-0.05, 0) is 32.4 Å².